The highest BCUT2D eigenvalue weighted by atomic mass is 35.5. The zero-order valence-electron chi connectivity index (χ0n) is 10.9. The molecule has 0 aliphatic carbocycles. The van der Waals surface area contributed by atoms with Gasteiger partial charge >= 0.3 is 0 Å². The van der Waals surface area contributed by atoms with Crippen LogP contribution in [0.4, 0.5) is 5.69 Å². The summed E-state index contributed by atoms with van der Waals surface area (Å²) in [4.78, 5) is 0. The first-order valence-corrected chi connectivity index (χ1v) is 6.47. The highest BCUT2D eigenvalue weighted by Crippen LogP contribution is 2.26. The molecule has 2 aromatic carbocycles. The highest BCUT2D eigenvalue weighted by molar-refractivity contribution is 6.33. The van der Waals surface area contributed by atoms with Gasteiger partial charge in [0.2, 0.25) is 0 Å². The number of nitrogens with one attached hydrogen (secondary N) is 1. The van der Waals surface area contributed by atoms with Gasteiger partial charge < -0.3 is 5.32 Å². The van der Waals surface area contributed by atoms with E-state index in [-0.39, 0.29) is 0 Å². The van der Waals surface area contributed by atoms with Crippen LogP contribution < -0.4 is 5.32 Å². The lowest BCUT2D eigenvalue weighted by molar-refractivity contribution is 0.992. The van der Waals surface area contributed by atoms with Crippen LogP contribution in [-0.4, -0.2) is 0 Å². The number of rotatable bonds is 3. The van der Waals surface area contributed by atoms with Gasteiger partial charge in [0.05, 0.1) is 16.8 Å². The first-order chi connectivity index (χ1) is 9.11. The van der Waals surface area contributed by atoms with Gasteiger partial charge in [0.25, 0.3) is 0 Å². The Morgan fingerprint density at radius 2 is 1.84 bits per heavy atom. The van der Waals surface area contributed by atoms with Crippen LogP contribution in [0, 0.1) is 25.2 Å². The third-order valence-electron chi connectivity index (χ3n) is 3.17. The second kappa shape index (κ2) is 5.77. The minimum absolute atomic E-state index is 0.404. The molecule has 0 radical (unpaired) electrons. The Hall–Kier alpha value is -1.98. The SMILES string of the molecule is Cc1ccc(C(C#N)Nc2ccccc2Cl)cc1C. The predicted octanol–water partition coefficient (Wildman–Crippen LogP) is 4.63. The molecular weight excluding hydrogens is 256 g/mol. The first kappa shape index (κ1) is 13.5. The van der Waals surface area contributed by atoms with Crippen LogP contribution in [0.2, 0.25) is 5.02 Å². The molecule has 0 aromatic heterocycles. The monoisotopic (exact) mass is 270 g/mol. The smallest absolute Gasteiger partial charge is 0.140 e. The lowest BCUT2D eigenvalue weighted by atomic mass is 10.0. The van der Waals surface area contributed by atoms with E-state index in [2.05, 4.69) is 18.3 Å². The van der Waals surface area contributed by atoms with Crippen molar-refractivity contribution in [2.75, 3.05) is 5.32 Å². The minimum atomic E-state index is -0.404. The zero-order chi connectivity index (χ0) is 13.8. The summed E-state index contributed by atoms with van der Waals surface area (Å²) in [7, 11) is 0. The van der Waals surface area contributed by atoms with Crippen LogP contribution >= 0.6 is 11.6 Å². The molecule has 0 amide bonds. The Labute approximate surface area is 118 Å². The molecule has 0 fully saturated rings. The number of para-hydroxylation sites is 1. The number of anilines is 1. The summed E-state index contributed by atoms with van der Waals surface area (Å²) in [5, 5.41) is 13.1. The van der Waals surface area contributed by atoms with E-state index in [1.54, 1.807) is 6.07 Å². The van der Waals surface area contributed by atoms with Crippen molar-refractivity contribution in [3.63, 3.8) is 0 Å². The number of aryl methyl sites for hydroxylation is 2. The predicted molar refractivity (Wildman–Crippen MR) is 79.3 cm³/mol. The lowest BCUT2D eigenvalue weighted by Crippen LogP contribution is -2.09. The molecule has 0 saturated carbocycles. The largest absolute Gasteiger partial charge is 0.365 e. The van der Waals surface area contributed by atoms with Crippen LogP contribution in [0.5, 0.6) is 0 Å². The maximum absolute atomic E-state index is 9.34. The molecule has 0 aliphatic rings. The minimum Gasteiger partial charge on any atom is -0.365 e. The number of nitriles is 1. The lowest BCUT2D eigenvalue weighted by Gasteiger charge is -2.15. The van der Waals surface area contributed by atoms with E-state index in [1.807, 2.05) is 43.3 Å². The van der Waals surface area contributed by atoms with Crippen LogP contribution in [0.3, 0.4) is 0 Å². The fourth-order valence-corrected chi connectivity index (χ4v) is 2.06. The molecule has 2 aromatic rings. The fourth-order valence-electron chi connectivity index (χ4n) is 1.87. The average molecular weight is 271 g/mol. The fraction of sp³-hybridized carbons (Fsp3) is 0.188. The maximum Gasteiger partial charge on any atom is 0.140 e. The molecule has 0 aliphatic heterocycles. The summed E-state index contributed by atoms with van der Waals surface area (Å²) in [6.45, 7) is 4.10. The van der Waals surface area contributed by atoms with Gasteiger partial charge in [-0.2, -0.15) is 5.26 Å². The van der Waals surface area contributed by atoms with Gasteiger partial charge in [0, 0.05) is 0 Å². The molecule has 19 heavy (non-hydrogen) atoms. The van der Waals surface area contributed by atoms with Gasteiger partial charge in [-0.25, -0.2) is 0 Å². The number of benzene rings is 2. The van der Waals surface area contributed by atoms with E-state index in [9.17, 15) is 5.26 Å². The molecule has 0 saturated heterocycles. The standard InChI is InChI=1S/C16H15ClN2/c1-11-7-8-13(9-12(11)2)16(10-18)19-15-6-4-3-5-14(15)17/h3-9,16,19H,1-2H3. The van der Waals surface area contributed by atoms with Gasteiger partial charge in [-0.15, -0.1) is 0 Å². The molecular formula is C16H15ClN2. The quantitative estimate of drug-likeness (QED) is 0.882. The van der Waals surface area contributed by atoms with E-state index in [1.165, 1.54) is 11.1 Å². The van der Waals surface area contributed by atoms with Gasteiger partial charge in [-0.3, -0.25) is 0 Å². The van der Waals surface area contributed by atoms with Crippen LogP contribution in [0.25, 0.3) is 0 Å². The molecule has 1 unspecified atom stereocenters. The van der Waals surface area contributed by atoms with Crippen LogP contribution in [-0.2, 0) is 0 Å². The highest BCUT2D eigenvalue weighted by Gasteiger charge is 2.12. The van der Waals surface area contributed by atoms with Gasteiger partial charge in [0.1, 0.15) is 6.04 Å². The number of nitrogens with zero attached hydrogens (tertiary/aromatic N) is 1. The zero-order valence-corrected chi connectivity index (χ0v) is 11.7. The third-order valence-corrected chi connectivity index (χ3v) is 3.50. The van der Waals surface area contributed by atoms with Crippen molar-refractivity contribution in [2.45, 2.75) is 19.9 Å². The van der Waals surface area contributed by atoms with Gasteiger partial charge in [-0.1, -0.05) is 41.9 Å². The molecule has 1 atom stereocenters. The Bertz CT molecular complexity index is 629. The summed E-state index contributed by atoms with van der Waals surface area (Å²) in [6.07, 6.45) is 0. The van der Waals surface area contributed by atoms with Crippen molar-refractivity contribution in [1.29, 1.82) is 5.26 Å². The Morgan fingerprint density at radius 1 is 1.11 bits per heavy atom. The van der Waals surface area contributed by atoms with E-state index >= 15 is 0 Å². The topological polar surface area (TPSA) is 35.8 Å². The normalized spacial score (nSPS) is 11.7. The third kappa shape index (κ3) is 3.07. The maximum atomic E-state index is 9.34. The summed E-state index contributed by atoms with van der Waals surface area (Å²) in [5.74, 6) is 0. The number of hydrogen-bond acceptors (Lipinski definition) is 2. The Balaban J connectivity index is 2.28. The Kier molecular flexibility index (Phi) is 4.09. The molecule has 3 heteroatoms. The van der Waals surface area contributed by atoms with E-state index in [0.717, 1.165) is 11.3 Å². The summed E-state index contributed by atoms with van der Waals surface area (Å²) < 4.78 is 0. The average Bonchev–Trinajstić information content (AvgIpc) is 2.41. The molecule has 0 heterocycles. The summed E-state index contributed by atoms with van der Waals surface area (Å²) in [5.41, 5.74) is 4.12. The second-order valence-corrected chi connectivity index (χ2v) is 4.94. The molecule has 0 spiro atoms. The van der Waals surface area contributed by atoms with E-state index in [4.69, 9.17) is 11.6 Å². The molecule has 2 nitrogen and oxygen atoms in total. The van der Waals surface area contributed by atoms with E-state index in [0.29, 0.717) is 5.02 Å². The van der Waals surface area contributed by atoms with Crippen LogP contribution in [0.1, 0.15) is 22.7 Å². The van der Waals surface area contributed by atoms with Crippen molar-refractivity contribution in [3.05, 3.63) is 64.2 Å². The molecule has 0 bridgehead atoms. The summed E-state index contributed by atoms with van der Waals surface area (Å²) in [6, 6.07) is 15.3. The first-order valence-electron chi connectivity index (χ1n) is 6.09. The summed E-state index contributed by atoms with van der Waals surface area (Å²) >= 11 is 6.10. The van der Waals surface area contributed by atoms with Gasteiger partial charge in [0.15, 0.2) is 0 Å². The second-order valence-electron chi connectivity index (χ2n) is 4.53. The van der Waals surface area contributed by atoms with Crippen molar-refractivity contribution >= 4 is 17.3 Å². The molecule has 2 rings (SSSR count). The number of hydrogen-bond donors (Lipinski definition) is 1. The number of halogens is 1. The van der Waals surface area contributed by atoms with Gasteiger partial charge in [-0.05, 0) is 42.7 Å². The molecule has 1 N–H and O–H groups in total. The van der Waals surface area contributed by atoms with Crippen molar-refractivity contribution in [2.24, 2.45) is 0 Å². The van der Waals surface area contributed by atoms with E-state index < -0.39 is 6.04 Å². The van der Waals surface area contributed by atoms with Crippen molar-refractivity contribution < 1.29 is 0 Å². The van der Waals surface area contributed by atoms with Crippen LogP contribution in [0.15, 0.2) is 42.5 Å². The van der Waals surface area contributed by atoms with Crippen molar-refractivity contribution in [3.8, 4) is 6.07 Å². The van der Waals surface area contributed by atoms with Crippen molar-refractivity contribution in [1.82, 2.24) is 0 Å². The molecule has 96 valence electrons. The Morgan fingerprint density at radius 3 is 2.47 bits per heavy atom.